The maximum atomic E-state index is 5.71. The Balaban J connectivity index is 2.38. The van der Waals surface area contributed by atoms with E-state index >= 15 is 0 Å². The van der Waals surface area contributed by atoms with Crippen molar-refractivity contribution in [3.8, 4) is 0 Å². The standard InChI is InChI=1S/C12H23N3O/c1-4-6-14-12(13)15-8-10-5-7-16-11(10)9(2)3/h4,9-11H,1,5-8H2,2-3H3,(H3,13,14,15). The quantitative estimate of drug-likeness (QED) is 0.419. The lowest BCUT2D eigenvalue weighted by Crippen LogP contribution is -2.33. The van der Waals surface area contributed by atoms with Gasteiger partial charge >= 0.3 is 0 Å². The number of rotatable bonds is 5. The number of nitrogens with one attached hydrogen (secondary N) is 1. The van der Waals surface area contributed by atoms with Crippen LogP contribution in [-0.4, -0.2) is 31.8 Å². The largest absolute Gasteiger partial charge is 0.378 e. The molecule has 2 unspecified atom stereocenters. The van der Waals surface area contributed by atoms with Crippen molar-refractivity contribution in [1.82, 2.24) is 5.32 Å². The first-order valence-corrected chi connectivity index (χ1v) is 5.91. The topological polar surface area (TPSA) is 59.6 Å². The smallest absolute Gasteiger partial charge is 0.188 e. The molecule has 0 radical (unpaired) electrons. The summed E-state index contributed by atoms with van der Waals surface area (Å²) in [5.74, 6) is 1.54. The highest BCUT2D eigenvalue weighted by Gasteiger charge is 2.30. The molecule has 1 fully saturated rings. The first kappa shape index (κ1) is 13.0. The van der Waals surface area contributed by atoms with E-state index in [1.54, 1.807) is 6.08 Å². The van der Waals surface area contributed by atoms with Gasteiger partial charge in [-0.3, -0.25) is 4.99 Å². The summed E-state index contributed by atoms with van der Waals surface area (Å²) < 4.78 is 5.69. The Morgan fingerprint density at radius 2 is 2.44 bits per heavy atom. The van der Waals surface area contributed by atoms with Gasteiger partial charge in [0.05, 0.1) is 6.10 Å². The molecule has 4 heteroatoms. The summed E-state index contributed by atoms with van der Waals surface area (Å²) in [6.07, 6.45) is 3.18. The van der Waals surface area contributed by atoms with E-state index in [0.717, 1.165) is 19.6 Å². The Kier molecular flexibility index (Phi) is 5.32. The molecule has 92 valence electrons. The van der Waals surface area contributed by atoms with Crippen molar-refractivity contribution in [2.75, 3.05) is 19.7 Å². The molecule has 0 aliphatic carbocycles. The zero-order valence-corrected chi connectivity index (χ0v) is 10.3. The van der Waals surface area contributed by atoms with Crippen LogP contribution in [0.4, 0.5) is 0 Å². The summed E-state index contributed by atoms with van der Waals surface area (Å²) in [4.78, 5) is 4.33. The molecule has 4 nitrogen and oxygen atoms in total. The summed E-state index contributed by atoms with van der Waals surface area (Å²) in [5.41, 5.74) is 5.71. The van der Waals surface area contributed by atoms with Crippen molar-refractivity contribution >= 4 is 5.96 Å². The Morgan fingerprint density at radius 3 is 3.06 bits per heavy atom. The van der Waals surface area contributed by atoms with Gasteiger partial charge in [0.1, 0.15) is 0 Å². The second-order valence-corrected chi connectivity index (χ2v) is 4.52. The van der Waals surface area contributed by atoms with Crippen LogP contribution in [-0.2, 0) is 4.74 Å². The molecular formula is C12H23N3O. The summed E-state index contributed by atoms with van der Waals surface area (Å²) >= 11 is 0. The van der Waals surface area contributed by atoms with Crippen LogP contribution in [0.25, 0.3) is 0 Å². The molecule has 16 heavy (non-hydrogen) atoms. The highest BCUT2D eigenvalue weighted by molar-refractivity contribution is 5.77. The molecule has 1 heterocycles. The third-order valence-electron chi connectivity index (χ3n) is 2.84. The molecule has 1 saturated heterocycles. The molecule has 3 N–H and O–H groups in total. The van der Waals surface area contributed by atoms with E-state index in [-0.39, 0.29) is 0 Å². The zero-order chi connectivity index (χ0) is 12.0. The fourth-order valence-corrected chi connectivity index (χ4v) is 2.04. The van der Waals surface area contributed by atoms with Crippen molar-refractivity contribution in [2.24, 2.45) is 22.6 Å². The predicted molar refractivity (Wildman–Crippen MR) is 67.4 cm³/mol. The summed E-state index contributed by atoms with van der Waals surface area (Å²) in [7, 11) is 0. The lowest BCUT2D eigenvalue weighted by atomic mass is 9.93. The maximum Gasteiger partial charge on any atom is 0.188 e. The molecule has 1 rings (SSSR count). The Bertz CT molecular complexity index is 251. The summed E-state index contributed by atoms with van der Waals surface area (Å²) in [6, 6.07) is 0. The predicted octanol–water partition coefficient (Wildman–Crippen LogP) is 1.14. The van der Waals surface area contributed by atoms with Gasteiger partial charge in [0.2, 0.25) is 0 Å². The molecule has 2 atom stereocenters. The number of ether oxygens (including phenoxy) is 1. The molecular weight excluding hydrogens is 202 g/mol. The molecule has 1 aliphatic heterocycles. The fraction of sp³-hybridized carbons (Fsp3) is 0.750. The highest BCUT2D eigenvalue weighted by Crippen LogP contribution is 2.26. The van der Waals surface area contributed by atoms with Crippen LogP contribution in [0.15, 0.2) is 17.6 Å². The van der Waals surface area contributed by atoms with Gasteiger partial charge in [0.25, 0.3) is 0 Å². The zero-order valence-electron chi connectivity index (χ0n) is 10.3. The summed E-state index contributed by atoms with van der Waals surface area (Å²) in [5, 5.41) is 2.97. The number of aliphatic imine (C=N–C) groups is 1. The van der Waals surface area contributed by atoms with Gasteiger partial charge < -0.3 is 15.8 Å². The van der Waals surface area contributed by atoms with Crippen molar-refractivity contribution in [2.45, 2.75) is 26.4 Å². The lowest BCUT2D eigenvalue weighted by Gasteiger charge is -2.20. The van der Waals surface area contributed by atoms with Crippen LogP contribution in [0, 0.1) is 11.8 Å². The maximum absolute atomic E-state index is 5.71. The minimum Gasteiger partial charge on any atom is -0.378 e. The normalized spacial score (nSPS) is 26.1. The second kappa shape index (κ2) is 6.53. The molecule has 0 aromatic heterocycles. The highest BCUT2D eigenvalue weighted by atomic mass is 16.5. The van der Waals surface area contributed by atoms with E-state index in [1.165, 1.54) is 0 Å². The van der Waals surface area contributed by atoms with Gasteiger partial charge in [-0.15, -0.1) is 6.58 Å². The van der Waals surface area contributed by atoms with Crippen LogP contribution in [0.2, 0.25) is 0 Å². The summed E-state index contributed by atoms with van der Waals surface area (Å²) in [6.45, 7) is 10.2. The molecule has 0 amide bonds. The third-order valence-corrected chi connectivity index (χ3v) is 2.84. The Labute approximate surface area is 98.0 Å². The molecule has 0 bridgehead atoms. The van der Waals surface area contributed by atoms with Gasteiger partial charge in [-0.2, -0.15) is 0 Å². The number of hydrogen-bond acceptors (Lipinski definition) is 2. The van der Waals surface area contributed by atoms with Gasteiger partial charge in [-0.25, -0.2) is 0 Å². The number of nitrogens with zero attached hydrogens (tertiary/aromatic N) is 1. The number of hydrogen-bond donors (Lipinski definition) is 2. The SMILES string of the molecule is C=CCNC(N)=NCC1CCOC1C(C)C. The Hall–Kier alpha value is -1.03. The van der Waals surface area contributed by atoms with Crippen LogP contribution in [0.5, 0.6) is 0 Å². The van der Waals surface area contributed by atoms with Gasteiger partial charge in [0, 0.05) is 25.6 Å². The van der Waals surface area contributed by atoms with Crippen molar-refractivity contribution < 1.29 is 4.74 Å². The molecule has 0 spiro atoms. The Morgan fingerprint density at radius 1 is 1.69 bits per heavy atom. The number of nitrogens with two attached hydrogens (primary N) is 1. The van der Waals surface area contributed by atoms with Crippen LogP contribution in [0.3, 0.4) is 0 Å². The fourth-order valence-electron chi connectivity index (χ4n) is 2.04. The van der Waals surface area contributed by atoms with Crippen molar-refractivity contribution in [3.63, 3.8) is 0 Å². The van der Waals surface area contributed by atoms with Crippen LogP contribution >= 0.6 is 0 Å². The minimum atomic E-state index is 0.330. The average Bonchev–Trinajstić information content (AvgIpc) is 2.71. The third kappa shape index (κ3) is 3.85. The van der Waals surface area contributed by atoms with E-state index in [4.69, 9.17) is 10.5 Å². The van der Waals surface area contributed by atoms with E-state index < -0.39 is 0 Å². The minimum absolute atomic E-state index is 0.330. The van der Waals surface area contributed by atoms with E-state index in [9.17, 15) is 0 Å². The monoisotopic (exact) mass is 225 g/mol. The second-order valence-electron chi connectivity index (χ2n) is 4.52. The first-order valence-electron chi connectivity index (χ1n) is 5.91. The lowest BCUT2D eigenvalue weighted by molar-refractivity contribution is 0.0559. The molecule has 0 aromatic rings. The molecule has 1 aliphatic rings. The van der Waals surface area contributed by atoms with Crippen molar-refractivity contribution in [3.05, 3.63) is 12.7 Å². The van der Waals surface area contributed by atoms with Crippen LogP contribution in [0.1, 0.15) is 20.3 Å². The van der Waals surface area contributed by atoms with Crippen LogP contribution < -0.4 is 11.1 Å². The number of guanidine groups is 1. The van der Waals surface area contributed by atoms with E-state index in [2.05, 4.69) is 30.7 Å². The van der Waals surface area contributed by atoms with Gasteiger partial charge in [0.15, 0.2) is 5.96 Å². The van der Waals surface area contributed by atoms with Crippen molar-refractivity contribution in [1.29, 1.82) is 0 Å². The van der Waals surface area contributed by atoms with E-state index in [0.29, 0.717) is 30.4 Å². The molecule has 0 saturated carbocycles. The first-order chi connectivity index (χ1) is 7.65. The molecule has 0 aromatic carbocycles. The van der Waals surface area contributed by atoms with E-state index in [1.807, 2.05) is 0 Å². The average molecular weight is 225 g/mol. The van der Waals surface area contributed by atoms with Gasteiger partial charge in [-0.05, 0) is 12.3 Å². The van der Waals surface area contributed by atoms with Gasteiger partial charge in [-0.1, -0.05) is 19.9 Å².